The quantitative estimate of drug-likeness (QED) is 0.342. The zero-order valence-electron chi connectivity index (χ0n) is 8.15. The fourth-order valence-electron chi connectivity index (χ4n) is 0.664. The first-order valence-electron chi connectivity index (χ1n) is 3.85. The van der Waals surface area contributed by atoms with Gasteiger partial charge in [0, 0.05) is 37.2 Å². The molecule has 2 aromatic heterocycles. The number of nitrogens with zero attached hydrogens (tertiary/aromatic N) is 4. The molecule has 0 amide bonds. The first kappa shape index (κ1) is 19.9. The molecule has 2 heterocycles. The van der Waals surface area contributed by atoms with Crippen LogP contribution in [0.1, 0.15) is 7.43 Å². The third-order valence-electron chi connectivity index (χ3n) is 1.23. The van der Waals surface area contributed by atoms with E-state index in [9.17, 15) is 0 Å². The fourth-order valence-corrected chi connectivity index (χ4v) is 1.04. The van der Waals surface area contributed by atoms with E-state index in [4.69, 9.17) is 13.1 Å². The Balaban J connectivity index is 0. The Hall–Kier alpha value is -0.410. The number of H-pyrrole nitrogens is 2. The Labute approximate surface area is 142 Å². The maximum Gasteiger partial charge on any atom is 0.337 e. The van der Waals surface area contributed by atoms with E-state index in [0.29, 0.717) is 11.9 Å². The zero-order chi connectivity index (χ0) is 13.1. The standard InChI is InChI=1S/C4H2IN3.C4H3N3.CH4.I2/c1-6-4-7-2-3(5)8-4;1-5-4-6-2-3-7-4;;1-2/h2H,(H,7,8);2-3H,(H,6,7);1H4;. The Morgan fingerprint density at radius 3 is 1.94 bits per heavy atom. The summed E-state index contributed by atoms with van der Waals surface area (Å²) in [6.07, 6.45) is 4.79. The van der Waals surface area contributed by atoms with Crippen molar-refractivity contribution in [2.45, 2.75) is 7.43 Å². The Bertz CT molecular complexity index is 493. The second-order valence-corrected chi connectivity index (χ2v) is 3.35. The van der Waals surface area contributed by atoms with Gasteiger partial charge in [-0.1, -0.05) is 7.43 Å². The molecule has 2 aromatic rings. The first-order chi connectivity index (χ1) is 8.26. The van der Waals surface area contributed by atoms with Gasteiger partial charge in [0.15, 0.2) is 3.70 Å². The monoisotopic (exact) mass is 582 g/mol. The van der Waals surface area contributed by atoms with Crippen molar-refractivity contribution in [1.82, 2.24) is 19.9 Å². The van der Waals surface area contributed by atoms with E-state index >= 15 is 0 Å². The molecule has 0 radical (unpaired) electrons. The number of aromatic amines is 2. The summed E-state index contributed by atoms with van der Waals surface area (Å²) in [5, 5.41) is 0. The van der Waals surface area contributed by atoms with Crippen molar-refractivity contribution in [1.29, 1.82) is 0 Å². The number of nitrogens with one attached hydrogen (secondary N) is 2. The third kappa shape index (κ3) is 8.65. The predicted octanol–water partition coefficient (Wildman–Crippen LogP) is 4.93. The summed E-state index contributed by atoms with van der Waals surface area (Å²) >= 11 is 6.30. The second kappa shape index (κ2) is 13.0. The van der Waals surface area contributed by atoms with Gasteiger partial charge in [-0.25, -0.2) is 0 Å². The van der Waals surface area contributed by atoms with E-state index in [-0.39, 0.29) is 7.43 Å². The molecular weight excluding hydrogens is 573 g/mol. The molecule has 0 bridgehead atoms. The fraction of sp³-hybridized carbons (Fsp3) is 0.111. The molecular formula is C9H9I3N6. The highest BCUT2D eigenvalue weighted by atomic mass is 128. The minimum absolute atomic E-state index is 0. The number of hydrogen-bond acceptors (Lipinski definition) is 2. The molecule has 9 heteroatoms. The third-order valence-corrected chi connectivity index (χ3v) is 1.78. The molecule has 2 N–H and O–H groups in total. The molecule has 0 aliphatic carbocycles. The smallest absolute Gasteiger partial charge is 0.337 e. The van der Waals surface area contributed by atoms with Gasteiger partial charge in [0.2, 0.25) is 0 Å². The van der Waals surface area contributed by atoms with Crippen molar-refractivity contribution >= 4 is 71.7 Å². The Morgan fingerprint density at radius 1 is 1.11 bits per heavy atom. The van der Waals surface area contributed by atoms with Crippen molar-refractivity contribution < 1.29 is 0 Å². The number of imidazole rings is 2. The number of rotatable bonds is 0. The van der Waals surface area contributed by atoms with Crippen LogP contribution in [0.15, 0.2) is 18.6 Å². The van der Waals surface area contributed by atoms with E-state index in [2.05, 4.69) is 89.4 Å². The van der Waals surface area contributed by atoms with Gasteiger partial charge in [-0.3, -0.25) is 4.98 Å². The lowest BCUT2D eigenvalue weighted by Gasteiger charge is -1.72. The van der Waals surface area contributed by atoms with Crippen molar-refractivity contribution in [3.63, 3.8) is 0 Å². The van der Waals surface area contributed by atoms with Gasteiger partial charge in [0.05, 0.1) is 6.20 Å². The lowest BCUT2D eigenvalue weighted by atomic mass is 11.0. The minimum atomic E-state index is 0. The van der Waals surface area contributed by atoms with Crippen LogP contribution in [-0.2, 0) is 0 Å². The van der Waals surface area contributed by atoms with E-state index in [1.54, 1.807) is 18.6 Å². The lowest BCUT2D eigenvalue weighted by molar-refractivity contribution is 1.34. The minimum Gasteiger partial charge on any atom is -0.397 e. The van der Waals surface area contributed by atoms with Gasteiger partial charge in [0.1, 0.15) is 12.4 Å². The normalized spacial score (nSPS) is 7.17. The molecule has 0 aromatic carbocycles. The van der Waals surface area contributed by atoms with Crippen molar-refractivity contribution in [3.05, 3.63) is 45.1 Å². The Morgan fingerprint density at radius 2 is 1.72 bits per heavy atom. The largest absolute Gasteiger partial charge is 0.397 e. The van der Waals surface area contributed by atoms with Gasteiger partial charge >= 0.3 is 11.9 Å². The van der Waals surface area contributed by atoms with Crippen LogP contribution in [0.2, 0.25) is 0 Å². The number of halogens is 3. The molecule has 0 unspecified atom stereocenters. The zero-order valence-corrected chi connectivity index (χ0v) is 14.6. The van der Waals surface area contributed by atoms with E-state index < -0.39 is 0 Å². The number of hydrogen-bond donors (Lipinski definition) is 2. The highest BCUT2D eigenvalue weighted by Gasteiger charge is 1.93. The average molecular weight is 582 g/mol. The molecule has 0 fully saturated rings. The first-order valence-corrected chi connectivity index (χ1v) is 11.2. The van der Waals surface area contributed by atoms with Crippen molar-refractivity contribution in [2.75, 3.05) is 0 Å². The SMILES string of the molecule is C.II.[C-]#[N+]c1ncc(I)[nH]1.[C-]#[N+]c1ncc[nH]1. The molecule has 0 aliphatic rings. The highest BCUT2D eigenvalue weighted by Crippen LogP contribution is 2.06. The van der Waals surface area contributed by atoms with Gasteiger partial charge < -0.3 is 14.7 Å². The topological polar surface area (TPSA) is 66.1 Å². The molecule has 0 saturated carbocycles. The van der Waals surface area contributed by atoms with Gasteiger partial charge in [-0.05, 0) is 22.6 Å². The van der Waals surface area contributed by atoms with Crippen LogP contribution in [-0.4, -0.2) is 19.9 Å². The maximum absolute atomic E-state index is 6.48. The molecule has 18 heavy (non-hydrogen) atoms. The van der Waals surface area contributed by atoms with E-state index in [0.717, 1.165) is 3.70 Å². The lowest BCUT2D eigenvalue weighted by Crippen LogP contribution is -1.60. The van der Waals surface area contributed by atoms with Gasteiger partial charge in [-0.2, -0.15) is 9.97 Å². The summed E-state index contributed by atoms with van der Waals surface area (Å²) in [4.78, 5) is 18.8. The van der Waals surface area contributed by atoms with Crippen molar-refractivity contribution in [2.24, 2.45) is 0 Å². The van der Waals surface area contributed by atoms with Crippen LogP contribution in [0, 0.1) is 16.8 Å². The average Bonchev–Trinajstić information content (AvgIpc) is 3.03. The maximum atomic E-state index is 6.48. The van der Waals surface area contributed by atoms with Gasteiger partial charge in [-0.15, -0.1) is 13.1 Å². The molecule has 2 rings (SSSR count). The summed E-state index contributed by atoms with van der Waals surface area (Å²) in [6, 6.07) is 0. The van der Waals surface area contributed by atoms with Crippen LogP contribution in [0.4, 0.5) is 11.9 Å². The summed E-state index contributed by atoms with van der Waals surface area (Å²) in [5.74, 6) is 0.703. The molecule has 0 atom stereocenters. The van der Waals surface area contributed by atoms with E-state index in [1.807, 2.05) is 0 Å². The van der Waals surface area contributed by atoms with Crippen LogP contribution in [0.3, 0.4) is 0 Å². The number of aromatic nitrogens is 4. The molecule has 0 spiro atoms. The van der Waals surface area contributed by atoms with Crippen LogP contribution in [0.5, 0.6) is 0 Å². The van der Waals surface area contributed by atoms with Crippen LogP contribution < -0.4 is 0 Å². The molecule has 96 valence electrons. The van der Waals surface area contributed by atoms with Gasteiger partial charge in [0.25, 0.3) is 0 Å². The predicted molar refractivity (Wildman–Crippen MR) is 97.2 cm³/mol. The Kier molecular flexibility index (Phi) is 14.4. The van der Waals surface area contributed by atoms with Crippen molar-refractivity contribution in [3.8, 4) is 0 Å². The summed E-state index contributed by atoms with van der Waals surface area (Å²) in [6.45, 7) is 12.9. The molecule has 6 nitrogen and oxygen atoms in total. The molecule has 0 saturated heterocycles. The van der Waals surface area contributed by atoms with Crippen LogP contribution in [0.25, 0.3) is 9.69 Å². The summed E-state index contributed by atoms with van der Waals surface area (Å²) in [5.41, 5.74) is 0. The van der Waals surface area contributed by atoms with Crippen LogP contribution >= 0.6 is 59.8 Å². The van der Waals surface area contributed by atoms with E-state index in [1.165, 1.54) is 0 Å². The summed E-state index contributed by atoms with van der Waals surface area (Å²) in [7, 11) is 0. The second-order valence-electron chi connectivity index (χ2n) is 2.19. The molecule has 0 aliphatic heterocycles. The highest BCUT2D eigenvalue weighted by molar-refractivity contribution is 15.0. The summed E-state index contributed by atoms with van der Waals surface area (Å²) < 4.78 is 0.897.